The van der Waals surface area contributed by atoms with E-state index in [9.17, 15) is 14.4 Å². The van der Waals surface area contributed by atoms with Crippen LogP contribution in [0.25, 0.3) is 32.3 Å². The first-order chi connectivity index (χ1) is 23.4. The van der Waals surface area contributed by atoms with E-state index >= 15 is 0 Å². The van der Waals surface area contributed by atoms with Crippen LogP contribution in [0.1, 0.15) is 31.1 Å². The van der Waals surface area contributed by atoms with Gasteiger partial charge in [0.2, 0.25) is 0 Å². The molecule has 48 heavy (non-hydrogen) atoms. The van der Waals surface area contributed by atoms with Gasteiger partial charge in [0.1, 0.15) is 13.7 Å². The molecule has 0 fully saturated rings. The number of nitrogens with zero attached hydrogens (tertiary/aromatic N) is 1. The summed E-state index contributed by atoms with van der Waals surface area (Å²) in [7, 11) is 1.34. The molecule has 6 aromatic rings. The summed E-state index contributed by atoms with van der Waals surface area (Å²) in [5.74, 6) is -1.92. The van der Waals surface area contributed by atoms with Crippen LogP contribution in [0.4, 0.5) is 0 Å². The summed E-state index contributed by atoms with van der Waals surface area (Å²) in [6.07, 6.45) is -1.20. The number of esters is 3. The molecule has 0 amide bonds. The third-order valence-corrected chi connectivity index (χ3v) is 8.59. The van der Waals surface area contributed by atoms with Crippen molar-refractivity contribution in [1.82, 2.24) is 0 Å². The number of fused-ring (bicyclic) bond motifs is 3. The maximum atomic E-state index is 13.6. The summed E-state index contributed by atoms with van der Waals surface area (Å²) in [6, 6.07) is 38.6. The number of alkyl halides is 1. The van der Waals surface area contributed by atoms with E-state index in [1.54, 1.807) is 36.4 Å². The molecule has 240 valence electrons. The molecule has 0 radical (unpaired) electrons. The SMILES string of the molecule is CON=C[C@H](OC(=O)c1ccc2ccccc2c1)[C@@H](OC(=O)c1ccc2ccccc2c1)[C@H](Br)COC(=O)c1ccc2ccccc2c1. The van der Waals surface area contributed by atoms with Gasteiger partial charge in [0.15, 0.2) is 12.2 Å². The lowest BCUT2D eigenvalue weighted by molar-refractivity contribution is -0.0208. The van der Waals surface area contributed by atoms with Crippen LogP contribution in [0.15, 0.2) is 133 Å². The molecule has 0 aromatic heterocycles. The van der Waals surface area contributed by atoms with Gasteiger partial charge in [-0.15, -0.1) is 0 Å². The van der Waals surface area contributed by atoms with E-state index in [-0.39, 0.29) is 17.7 Å². The molecule has 3 atom stereocenters. The van der Waals surface area contributed by atoms with E-state index < -0.39 is 34.9 Å². The molecule has 0 aliphatic rings. The monoisotopic (exact) mass is 703 g/mol. The Morgan fingerprint density at radius 3 is 1.48 bits per heavy atom. The van der Waals surface area contributed by atoms with Crippen LogP contribution in [-0.4, -0.2) is 54.9 Å². The van der Waals surface area contributed by atoms with Crippen molar-refractivity contribution in [2.75, 3.05) is 13.7 Å². The quantitative estimate of drug-likeness (QED) is 0.0441. The Labute approximate surface area is 285 Å². The van der Waals surface area contributed by atoms with Crippen LogP contribution in [0, 0.1) is 0 Å². The summed E-state index contributed by atoms with van der Waals surface area (Å²) < 4.78 is 17.6. The number of carbonyl (C=O) groups excluding carboxylic acids is 3. The molecule has 6 aromatic carbocycles. The van der Waals surface area contributed by atoms with E-state index in [2.05, 4.69) is 21.1 Å². The van der Waals surface area contributed by atoms with Gasteiger partial charge >= 0.3 is 17.9 Å². The highest BCUT2D eigenvalue weighted by Gasteiger charge is 2.36. The number of hydrogen-bond acceptors (Lipinski definition) is 8. The minimum Gasteiger partial charge on any atom is -0.461 e. The predicted molar refractivity (Wildman–Crippen MR) is 189 cm³/mol. The highest BCUT2D eigenvalue weighted by atomic mass is 79.9. The number of halogens is 1. The number of oxime groups is 1. The average Bonchev–Trinajstić information content (AvgIpc) is 3.13. The molecular formula is C39H30BrNO7. The Balaban J connectivity index is 1.27. The smallest absolute Gasteiger partial charge is 0.338 e. The third-order valence-electron chi connectivity index (χ3n) is 7.81. The van der Waals surface area contributed by atoms with Gasteiger partial charge in [-0.2, -0.15) is 0 Å². The summed E-state index contributed by atoms with van der Waals surface area (Å²) in [6.45, 7) is -0.230. The maximum Gasteiger partial charge on any atom is 0.338 e. The summed E-state index contributed by atoms with van der Waals surface area (Å²) in [5, 5.41) is 9.34. The largest absolute Gasteiger partial charge is 0.461 e. The predicted octanol–water partition coefficient (Wildman–Crippen LogP) is 8.15. The second kappa shape index (κ2) is 14.9. The fourth-order valence-corrected chi connectivity index (χ4v) is 5.86. The molecule has 0 N–H and O–H groups in total. The topological polar surface area (TPSA) is 100 Å². The number of rotatable bonds is 11. The standard InChI is InChI=1S/C39H30BrNO7/c1-45-41-23-35(47-38(43)32-18-15-26-9-3-6-12-29(26)21-32)36(48-39(44)33-19-16-27-10-4-7-13-30(27)22-33)34(40)24-46-37(42)31-17-14-25-8-2-5-11-28(25)20-31/h2-23,34-36H,24H2,1H3/t34-,35+,36+/m1/s1. The first-order valence-electron chi connectivity index (χ1n) is 15.2. The highest BCUT2D eigenvalue weighted by molar-refractivity contribution is 9.09. The Hall–Kier alpha value is -5.54. The molecule has 9 heteroatoms. The molecule has 0 aliphatic heterocycles. The van der Waals surface area contributed by atoms with E-state index in [0.29, 0.717) is 5.56 Å². The van der Waals surface area contributed by atoms with Gasteiger partial charge in [-0.25, -0.2) is 14.4 Å². The zero-order valence-corrected chi connectivity index (χ0v) is 27.4. The molecule has 0 spiro atoms. The van der Waals surface area contributed by atoms with Crippen molar-refractivity contribution in [2.24, 2.45) is 5.16 Å². The summed E-state index contributed by atoms with van der Waals surface area (Å²) in [5.41, 5.74) is 0.936. The van der Waals surface area contributed by atoms with E-state index in [1.165, 1.54) is 13.3 Å². The lowest BCUT2D eigenvalue weighted by atomic mass is 10.1. The van der Waals surface area contributed by atoms with Crippen molar-refractivity contribution in [1.29, 1.82) is 0 Å². The van der Waals surface area contributed by atoms with Crippen LogP contribution in [0.5, 0.6) is 0 Å². The van der Waals surface area contributed by atoms with Crippen LogP contribution < -0.4 is 0 Å². The fourth-order valence-electron chi connectivity index (χ4n) is 5.32. The van der Waals surface area contributed by atoms with Crippen molar-refractivity contribution in [3.63, 3.8) is 0 Å². The van der Waals surface area contributed by atoms with Gasteiger partial charge in [-0.1, -0.05) is 112 Å². The highest BCUT2D eigenvalue weighted by Crippen LogP contribution is 2.24. The van der Waals surface area contributed by atoms with Gasteiger partial charge in [0, 0.05) is 0 Å². The lowest BCUT2D eigenvalue weighted by Crippen LogP contribution is -2.44. The fraction of sp³-hybridized carbons (Fsp3) is 0.128. The first kappa shape index (κ1) is 32.4. The second-order valence-electron chi connectivity index (χ2n) is 11.0. The zero-order chi connectivity index (χ0) is 33.5. The van der Waals surface area contributed by atoms with Crippen LogP contribution in [-0.2, 0) is 19.0 Å². The number of benzene rings is 6. The van der Waals surface area contributed by atoms with Gasteiger partial charge in [-0.05, 0) is 68.7 Å². The van der Waals surface area contributed by atoms with Crippen molar-refractivity contribution in [3.05, 3.63) is 144 Å². The molecule has 8 nitrogen and oxygen atoms in total. The van der Waals surface area contributed by atoms with Crippen molar-refractivity contribution < 1.29 is 33.4 Å². The lowest BCUT2D eigenvalue weighted by Gasteiger charge is -2.28. The number of carbonyl (C=O) groups is 3. The Bertz CT molecular complexity index is 2150. The number of hydrogen-bond donors (Lipinski definition) is 0. The van der Waals surface area contributed by atoms with Gasteiger partial charge in [-0.3, -0.25) is 0 Å². The van der Waals surface area contributed by atoms with E-state index in [4.69, 9.17) is 19.0 Å². The van der Waals surface area contributed by atoms with Gasteiger partial charge in [0.25, 0.3) is 0 Å². The molecule has 0 unspecified atom stereocenters. The Morgan fingerprint density at radius 2 is 1.02 bits per heavy atom. The van der Waals surface area contributed by atoms with Crippen molar-refractivity contribution >= 4 is 72.4 Å². The third kappa shape index (κ3) is 7.53. The minimum absolute atomic E-state index is 0.230. The first-order valence-corrected chi connectivity index (χ1v) is 16.1. The van der Waals surface area contributed by atoms with Gasteiger partial charge in [0.05, 0.1) is 27.7 Å². The van der Waals surface area contributed by atoms with E-state index in [1.807, 2.05) is 91.0 Å². The summed E-state index contributed by atoms with van der Waals surface area (Å²) in [4.78, 5) is 44.3. The Kier molecular flexibility index (Phi) is 10.1. The molecule has 0 saturated carbocycles. The zero-order valence-electron chi connectivity index (χ0n) is 25.8. The van der Waals surface area contributed by atoms with Crippen LogP contribution >= 0.6 is 15.9 Å². The number of ether oxygens (including phenoxy) is 3. The van der Waals surface area contributed by atoms with E-state index in [0.717, 1.165) is 32.3 Å². The maximum absolute atomic E-state index is 13.6. The van der Waals surface area contributed by atoms with Crippen LogP contribution in [0.2, 0.25) is 0 Å². The van der Waals surface area contributed by atoms with Crippen molar-refractivity contribution in [3.8, 4) is 0 Å². The normalized spacial score (nSPS) is 13.2. The molecule has 6 rings (SSSR count). The molecule has 0 aliphatic carbocycles. The molecule has 0 saturated heterocycles. The van der Waals surface area contributed by atoms with Gasteiger partial charge < -0.3 is 19.0 Å². The van der Waals surface area contributed by atoms with Crippen LogP contribution in [0.3, 0.4) is 0 Å². The average molecular weight is 705 g/mol. The summed E-state index contributed by atoms with van der Waals surface area (Å²) >= 11 is 3.55. The Morgan fingerprint density at radius 1 is 0.604 bits per heavy atom. The molecule has 0 bridgehead atoms. The molecule has 0 heterocycles. The molecular weight excluding hydrogens is 674 g/mol. The second-order valence-corrected chi connectivity index (χ2v) is 12.2. The minimum atomic E-state index is -1.24. The van der Waals surface area contributed by atoms with Crippen molar-refractivity contribution in [2.45, 2.75) is 17.0 Å².